The minimum Gasteiger partial charge on any atom is -0.396 e. The lowest BCUT2D eigenvalue weighted by Gasteiger charge is -2.15. The van der Waals surface area contributed by atoms with Crippen molar-refractivity contribution >= 4 is 41.3 Å². The maximum absolute atomic E-state index is 12.9. The summed E-state index contributed by atoms with van der Waals surface area (Å²) in [6, 6.07) is 11.0. The van der Waals surface area contributed by atoms with Crippen LogP contribution in [-0.2, 0) is 12.8 Å². The Labute approximate surface area is 212 Å². The number of halogens is 1. The van der Waals surface area contributed by atoms with Crippen molar-refractivity contribution in [3.05, 3.63) is 82.0 Å². The summed E-state index contributed by atoms with van der Waals surface area (Å²) in [4.78, 5) is 12.9. The fourth-order valence-corrected chi connectivity index (χ4v) is 4.12. The number of rotatable bonds is 10. The lowest BCUT2D eigenvalue weighted by atomic mass is 9.97. The maximum atomic E-state index is 12.9. The summed E-state index contributed by atoms with van der Waals surface area (Å²) >= 11 is 6.36. The molecule has 3 N–H and O–H groups in total. The SMILES string of the molecule is C=Cc1c(/C=C\C)cc(-n2nc(CCCC)cc2NC(=O)Nc2cccc(C)c2Cl)cc1CCO. The molecule has 0 aliphatic rings. The predicted molar refractivity (Wildman–Crippen MR) is 147 cm³/mol. The van der Waals surface area contributed by atoms with Crippen LogP contribution in [0, 0.1) is 6.92 Å². The number of anilines is 2. The standard InChI is InChI=1S/C28H33ClN4O2/c1-5-8-12-22-18-26(31-28(35)30-25-13-9-11-19(4)27(25)29)33(32-22)23-16-20(10-6-2)24(7-3)21(17-23)14-15-34/h6-7,9-11,13,16-18,34H,3,5,8,12,14-15H2,1-2,4H3,(H2,30,31,35)/b10-6-. The van der Waals surface area contributed by atoms with E-state index >= 15 is 0 Å². The Morgan fingerprint density at radius 3 is 2.71 bits per heavy atom. The lowest BCUT2D eigenvalue weighted by molar-refractivity contribution is 0.262. The van der Waals surface area contributed by atoms with Crippen molar-refractivity contribution in [2.24, 2.45) is 0 Å². The van der Waals surface area contributed by atoms with E-state index in [0.29, 0.717) is 22.9 Å². The number of aliphatic hydroxyl groups is 1. The van der Waals surface area contributed by atoms with Crippen molar-refractivity contribution in [3.63, 3.8) is 0 Å². The van der Waals surface area contributed by atoms with Gasteiger partial charge in [0.05, 0.1) is 22.1 Å². The number of aliphatic hydroxyl groups excluding tert-OH is 1. The van der Waals surface area contributed by atoms with E-state index in [1.807, 2.05) is 56.3 Å². The van der Waals surface area contributed by atoms with Crippen LogP contribution in [-0.4, -0.2) is 27.5 Å². The first-order chi connectivity index (χ1) is 16.9. The minimum absolute atomic E-state index is 0.0190. The minimum atomic E-state index is -0.410. The smallest absolute Gasteiger partial charge is 0.324 e. The zero-order chi connectivity index (χ0) is 25.4. The number of urea groups is 1. The Morgan fingerprint density at radius 2 is 2.03 bits per heavy atom. The summed E-state index contributed by atoms with van der Waals surface area (Å²) in [7, 11) is 0. The van der Waals surface area contributed by atoms with E-state index < -0.39 is 6.03 Å². The highest BCUT2D eigenvalue weighted by atomic mass is 35.5. The van der Waals surface area contributed by atoms with Crippen LogP contribution >= 0.6 is 11.6 Å². The van der Waals surface area contributed by atoms with E-state index in [4.69, 9.17) is 16.7 Å². The number of benzene rings is 2. The molecule has 0 spiro atoms. The van der Waals surface area contributed by atoms with Crippen molar-refractivity contribution < 1.29 is 9.90 Å². The molecule has 3 rings (SSSR count). The second kappa shape index (κ2) is 12.4. The lowest BCUT2D eigenvalue weighted by Crippen LogP contribution is -2.21. The van der Waals surface area contributed by atoms with Crippen molar-refractivity contribution in [1.82, 2.24) is 9.78 Å². The van der Waals surface area contributed by atoms with E-state index in [1.54, 1.807) is 16.8 Å². The van der Waals surface area contributed by atoms with Crippen LogP contribution < -0.4 is 10.6 Å². The number of nitrogens with one attached hydrogen (secondary N) is 2. The van der Waals surface area contributed by atoms with Gasteiger partial charge in [-0.25, -0.2) is 9.48 Å². The third kappa shape index (κ3) is 6.41. The molecular weight excluding hydrogens is 460 g/mol. The van der Waals surface area contributed by atoms with Crippen LogP contribution in [0.1, 0.15) is 54.6 Å². The van der Waals surface area contributed by atoms with Crippen molar-refractivity contribution in [1.29, 1.82) is 0 Å². The van der Waals surface area contributed by atoms with Gasteiger partial charge in [-0.2, -0.15) is 5.10 Å². The third-order valence-electron chi connectivity index (χ3n) is 5.69. The van der Waals surface area contributed by atoms with Crippen LogP contribution in [0.2, 0.25) is 5.02 Å². The largest absolute Gasteiger partial charge is 0.396 e. The molecule has 2 aromatic carbocycles. The number of allylic oxidation sites excluding steroid dienone is 1. The van der Waals surface area contributed by atoms with Crippen molar-refractivity contribution in [3.8, 4) is 5.69 Å². The van der Waals surface area contributed by atoms with Crippen molar-refractivity contribution in [2.75, 3.05) is 17.2 Å². The maximum Gasteiger partial charge on any atom is 0.324 e. The molecule has 7 heteroatoms. The molecule has 2 amide bonds. The van der Waals surface area contributed by atoms with Gasteiger partial charge >= 0.3 is 6.03 Å². The fourth-order valence-electron chi connectivity index (χ4n) is 3.95. The normalized spacial score (nSPS) is 11.1. The molecule has 3 aromatic rings. The van der Waals surface area contributed by atoms with Gasteiger partial charge in [0.1, 0.15) is 5.82 Å². The van der Waals surface area contributed by atoms with Gasteiger partial charge in [0.2, 0.25) is 0 Å². The Balaban J connectivity index is 2.03. The first kappa shape index (κ1) is 26.3. The van der Waals surface area contributed by atoms with Gasteiger partial charge in [-0.05, 0) is 73.6 Å². The second-order valence-electron chi connectivity index (χ2n) is 8.34. The van der Waals surface area contributed by atoms with Crippen molar-refractivity contribution in [2.45, 2.75) is 46.5 Å². The molecule has 0 saturated carbocycles. The molecule has 0 unspecified atom stereocenters. The van der Waals surface area contributed by atoms with E-state index in [-0.39, 0.29) is 6.61 Å². The molecule has 0 aliphatic carbocycles. The molecular formula is C28H33ClN4O2. The highest BCUT2D eigenvalue weighted by Gasteiger charge is 2.16. The fraction of sp³-hybridized carbons (Fsp3) is 0.286. The number of hydrogen-bond donors (Lipinski definition) is 3. The first-order valence-corrected chi connectivity index (χ1v) is 12.2. The van der Waals surface area contributed by atoms with Crippen LogP contribution in [0.4, 0.5) is 16.3 Å². The third-order valence-corrected chi connectivity index (χ3v) is 6.19. The van der Waals surface area contributed by atoms with Crippen LogP contribution in [0.15, 0.2) is 49.1 Å². The highest BCUT2D eigenvalue weighted by molar-refractivity contribution is 6.34. The average molecular weight is 493 g/mol. The molecule has 1 heterocycles. The summed E-state index contributed by atoms with van der Waals surface area (Å²) in [5, 5.41) is 20.7. The number of aromatic nitrogens is 2. The van der Waals surface area contributed by atoms with Crippen LogP contribution in [0.3, 0.4) is 0 Å². The molecule has 0 radical (unpaired) electrons. The summed E-state index contributed by atoms with van der Waals surface area (Å²) in [5.74, 6) is 0.546. The van der Waals surface area contributed by atoms with Gasteiger partial charge in [0, 0.05) is 12.7 Å². The zero-order valence-electron chi connectivity index (χ0n) is 20.6. The Kier molecular flexibility index (Phi) is 9.29. The second-order valence-corrected chi connectivity index (χ2v) is 8.72. The molecule has 0 fully saturated rings. The summed E-state index contributed by atoms with van der Waals surface area (Å²) in [6.45, 7) is 9.95. The molecule has 184 valence electrons. The number of hydrogen-bond acceptors (Lipinski definition) is 3. The monoisotopic (exact) mass is 492 g/mol. The Morgan fingerprint density at radius 1 is 1.23 bits per heavy atom. The molecule has 0 saturated heterocycles. The number of nitrogens with zero attached hydrogens (tertiary/aromatic N) is 2. The molecule has 0 aliphatic heterocycles. The van der Waals surface area contributed by atoms with E-state index in [1.165, 1.54) is 0 Å². The van der Waals surface area contributed by atoms with Crippen LogP contribution in [0.5, 0.6) is 0 Å². The van der Waals surface area contributed by atoms with Gasteiger partial charge < -0.3 is 10.4 Å². The van der Waals surface area contributed by atoms with Gasteiger partial charge in [-0.3, -0.25) is 5.32 Å². The summed E-state index contributed by atoms with van der Waals surface area (Å²) in [6.07, 6.45) is 9.10. The van der Waals surface area contributed by atoms with E-state index in [0.717, 1.165) is 52.9 Å². The molecule has 0 bridgehead atoms. The molecule has 1 aromatic heterocycles. The van der Waals surface area contributed by atoms with E-state index in [9.17, 15) is 9.90 Å². The quantitative estimate of drug-likeness (QED) is 0.284. The predicted octanol–water partition coefficient (Wildman–Crippen LogP) is 7.03. The molecule has 0 atom stereocenters. The average Bonchev–Trinajstić information content (AvgIpc) is 3.23. The summed E-state index contributed by atoms with van der Waals surface area (Å²) in [5.41, 5.74) is 6.00. The van der Waals surface area contributed by atoms with Crippen LogP contribution in [0.25, 0.3) is 17.8 Å². The van der Waals surface area contributed by atoms with Gasteiger partial charge in [0.25, 0.3) is 0 Å². The molecule has 35 heavy (non-hydrogen) atoms. The number of amides is 2. The van der Waals surface area contributed by atoms with E-state index in [2.05, 4.69) is 24.1 Å². The Hall–Kier alpha value is -3.35. The number of unbranched alkanes of at least 4 members (excludes halogenated alkanes) is 1. The highest BCUT2D eigenvalue weighted by Crippen LogP contribution is 2.28. The number of carbonyl (C=O) groups excluding carboxylic acids is 1. The Bertz CT molecular complexity index is 1230. The van der Waals surface area contributed by atoms with Gasteiger partial charge in [-0.1, -0.05) is 61.9 Å². The number of carbonyl (C=O) groups is 1. The topological polar surface area (TPSA) is 79.2 Å². The number of aryl methyl sites for hydroxylation is 2. The summed E-state index contributed by atoms with van der Waals surface area (Å²) < 4.78 is 1.74. The van der Waals surface area contributed by atoms with Gasteiger partial charge in [-0.15, -0.1) is 0 Å². The van der Waals surface area contributed by atoms with Gasteiger partial charge in [0.15, 0.2) is 0 Å². The first-order valence-electron chi connectivity index (χ1n) is 11.9. The zero-order valence-corrected chi connectivity index (χ0v) is 21.3. The molecule has 6 nitrogen and oxygen atoms in total.